The molecule has 0 aliphatic heterocycles. The molecule has 0 saturated carbocycles. The number of fused-ring (bicyclic) bond motifs is 1. The lowest BCUT2D eigenvalue weighted by molar-refractivity contribution is -0.136. The third-order valence-corrected chi connectivity index (χ3v) is 2.95. The maximum Gasteiger partial charge on any atom is 0.348 e. The van der Waals surface area contributed by atoms with Crippen molar-refractivity contribution in [2.45, 2.75) is 17.2 Å². The van der Waals surface area contributed by atoms with E-state index in [1.165, 1.54) is 10.7 Å². The van der Waals surface area contributed by atoms with Crippen LogP contribution in [0.5, 0.6) is 0 Å². The smallest absolute Gasteiger partial charge is 0.348 e. The van der Waals surface area contributed by atoms with Gasteiger partial charge in [0, 0.05) is 6.07 Å². The van der Waals surface area contributed by atoms with Gasteiger partial charge in [0.1, 0.15) is 16.6 Å². The molecule has 8 heteroatoms. The van der Waals surface area contributed by atoms with Gasteiger partial charge in [-0.2, -0.15) is 5.10 Å². The summed E-state index contributed by atoms with van der Waals surface area (Å²) in [5, 5.41) is 14.7. The fourth-order valence-electron chi connectivity index (χ4n) is 1.09. The van der Waals surface area contributed by atoms with E-state index in [4.69, 9.17) is 5.11 Å². The van der Waals surface area contributed by atoms with Gasteiger partial charge in [-0.1, -0.05) is 11.8 Å². The molecule has 0 aliphatic carbocycles. The van der Waals surface area contributed by atoms with Gasteiger partial charge >= 0.3 is 11.7 Å². The Morgan fingerprint density at radius 3 is 3.12 bits per heavy atom. The second kappa shape index (κ2) is 3.97. The van der Waals surface area contributed by atoms with Gasteiger partial charge in [-0.3, -0.25) is 4.79 Å². The van der Waals surface area contributed by atoms with Gasteiger partial charge in [0.25, 0.3) is 0 Å². The van der Waals surface area contributed by atoms with Crippen LogP contribution in [0.3, 0.4) is 0 Å². The quantitative estimate of drug-likeness (QED) is 0.577. The molecule has 2 aromatic rings. The highest BCUT2D eigenvalue weighted by atomic mass is 32.2. The molecule has 2 heterocycles. The second-order valence-electron chi connectivity index (χ2n) is 3.08. The van der Waals surface area contributed by atoms with Gasteiger partial charge in [0.05, 0.1) is 0 Å². The molecule has 0 amide bonds. The van der Waals surface area contributed by atoms with E-state index >= 15 is 0 Å². The van der Waals surface area contributed by atoms with Crippen LogP contribution in [0.4, 0.5) is 0 Å². The number of thioether (sulfide) groups is 1. The lowest BCUT2D eigenvalue weighted by Crippen LogP contribution is -2.12. The molecule has 0 aromatic carbocycles. The first-order valence-corrected chi connectivity index (χ1v) is 5.28. The number of aliphatic carboxylic acids is 1. The first-order chi connectivity index (χ1) is 7.58. The van der Waals surface area contributed by atoms with Gasteiger partial charge in [-0.25, -0.2) is 19.3 Å². The van der Waals surface area contributed by atoms with E-state index in [2.05, 4.69) is 15.2 Å². The molecule has 0 spiro atoms. The van der Waals surface area contributed by atoms with Crippen LogP contribution < -0.4 is 5.69 Å². The first-order valence-electron chi connectivity index (χ1n) is 4.40. The Bertz CT molecular complexity index is 590. The van der Waals surface area contributed by atoms with Crippen molar-refractivity contribution in [3.05, 3.63) is 22.9 Å². The van der Waals surface area contributed by atoms with Gasteiger partial charge in [-0.05, 0) is 6.92 Å². The molecular formula is C8H8N4O3S. The minimum Gasteiger partial charge on any atom is -0.480 e. The molecule has 7 nitrogen and oxygen atoms in total. The maximum absolute atomic E-state index is 11.1. The lowest BCUT2D eigenvalue weighted by atomic mass is 10.5. The van der Waals surface area contributed by atoms with E-state index in [1.54, 1.807) is 13.0 Å². The molecule has 1 atom stereocenters. The number of nitrogens with zero attached hydrogens (tertiary/aromatic N) is 3. The summed E-state index contributed by atoms with van der Waals surface area (Å²) >= 11 is 1.10. The normalized spacial score (nSPS) is 12.8. The summed E-state index contributed by atoms with van der Waals surface area (Å²) in [4.78, 5) is 25.7. The third-order valence-electron chi connectivity index (χ3n) is 1.93. The van der Waals surface area contributed by atoms with Gasteiger partial charge in [0.2, 0.25) is 0 Å². The zero-order valence-electron chi connectivity index (χ0n) is 8.25. The second-order valence-corrected chi connectivity index (χ2v) is 4.44. The Hall–Kier alpha value is -1.83. The molecule has 2 N–H and O–H groups in total. The van der Waals surface area contributed by atoms with E-state index in [0.29, 0.717) is 10.7 Å². The van der Waals surface area contributed by atoms with E-state index in [0.717, 1.165) is 11.8 Å². The van der Waals surface area contributed by atoms with E-state index in [9.17, 15) is 9.59 Å². The molecule has 2 aromatic heterocycles. The summed E-state index contributed by atoms with van der Waals surface area (Å²) in [7, 11) is 0. The number of carboxylic acids is 1. The van der Waals surface area contributed by atoms with Crippen LogP contribution in [-0.2, 0) is 4.79 Å². The van der Waals surface area contributed by atoms with Crippen molar-refractivity contribution in [3.8, 4) is 0 Å². The van der Waals surface area contributed by atoms with Crippen molar-refractivity contribution in [1.82, 2.24) is 19.6 Å². The maximum atomic E-state index is 11.1. The Kier molecular flexibility index (Phi) is 2.65. The number of rotatable bonds is 3. The van der Waals surface area contributed by atoms with Crippen LogP contribution in [0.15, 0.2) is 22.2 Å². The van der Waals surface area contributed by atoms with Crippen molar-refractivity contribution < 1.29 is 9.90 Å². The number of hydrogen-bond acceptors (Lipinski definition) is 5. The zero-order valence-corrected chi connectivity index (χ0v) is 9.06. The third kappa shape index (κ3) is 1.91. The van der Waals surface area contributed by atoms with Crippen LogP contribution in [0.25, 0.3) is 5.65 Å². The van der Waals surface area contributed by atoms with Gasteiger partial charge < -0.3 is 5.11 Å². The summed E-state index contributed by atoms with van der Waals surface area (Å²) in [6.07, 6.45) is 1.32. The molecule has 2 rings (SSSR count). The molecule has 0 fully saturated rings. The van der Waals surface area contributed by atoms with Crippen molar-refractivity contribution >= 4 is 23.4 Å². The topological polar surface area (TPSA) is 100 Å². The highest BCUT2D eigenvalue weighted by Gasteiger charge is 2.14. The number of carbonyl (C=O) groups is 1. The van der Waals surface area contributed by atoms with E-state index in [1.807, 2.05) is 0 Å². The fraction of sp³-hybridized carbons (Fsp3) is 0.250. The number of H-pyrrole nitrogens is 1. The van der Waals surface area contributed by atoms with E-state index in [-0.39, 0.29) is 5.69 Å². The van der Waals surface area contributed by atoms with Crippen molar-refractivity contribution in [3.63, 3.8) is 0 Å². The van der Waals surface area contributed by atoms with Crippen LogP contribution in [0, 0.1) is 0 Å². The van der Waals surface area contributed by atoms with Crippen molar-refractivity contribution in [1.29, 1.82) is 0 Å². The molecule has 0 aliphatic rings. The average Bonchev–Trinajstić information content (AvgIpc) is 2.60. The summed E-state index contributed by atoms with van der Waals surface area (Å²) in [5.74, 6) is -0.911. The van der Waals surface area contributed by atoms with Crippen LogP contribution in [-0.4, -0.2) is 35.9 Å². The summed E-state index contributed by atoms with van der Waals surface area (Å²) < 4.78 is 1.25. The summed E-state index contributed by atoms with van der Waals surface area (Å²) in [6.45, 7) is 1.57. The predicted molar refractivity (Wildman–Crippen MR) is 56.6 cm³/mol. The molecular weight excluding hydrogens is 232 g/mol. The predicted octanol–water partition coefficient (Wildman–Crippen LogP) is -0.0172. The Morgan fingerprint density at radius 2 is 2.44 bits per heavy atom. The molecule has 16 heavy (non-hydrogen) atoms. The van der Waals surface area contributed by atoms with Crippen molar-refractivity contribution in [2.75, 3.05) is 0 Å². The number of nitrogens with one attached hydrogen (secondary N) is 1. The molecule has 0 bridgehead atoms. The Balaban J connectivity index is 2.33. The highest BCUT2D eigenvalue weighted by molar-refractivity contribution is 8.00. The Morgan fingerprint density at radius 1 is 1.69 bits per heavy atom. The number of carboxylic acid groups (broad SMARTS) is 1. The summed E-state index contributed by atoms with van der Waals surface area (Å²) in [5.41, 5.74) is 0.0467. The SMILES string of the molecule is CC(Sc1cc2n[nH]c(=O)n2cn1)C(=O)O. The zero-order chi connectivity index (χ0) is 11.7. The van der Waals surface area contributed by atoms with Crippen LogP contribution >= 0.6 is 11.8 Å². The molecule has 0 saturated heterocycles. The average molecular weight is 240 g/mol. The number of aromatic nitrogens is 4. The van der Waals surface area contributed by atoms with Gasteiger partial charge in [0.15, 0.2) is 5.65 Å². The van der Waals surface area contributed by atoms with E-state index < -0.39 is 11.2 Å². The Labute approximate surface area is 93.5 Å². The van der Waals surface area contributed by atoms with Gasteiger partial charge in [-0.15, -0.1) is 0 Å². The minimum atomic E-state index is -0.911. The minimum absolute atomic E-state index is 0.370. The monoisotopic (exact) mass is 240 g/mol. The molecule has 84 valence electrons. The largest absolute Gasteiger partial charge is 0.480 e. The lowest BCUT2D eigenvalue weighted by Gasteiger charge is -2.04. The first kappa shape index (κ1) is 10.7. The highest BCUT2D eigenvalue weighted by Crippen LogP contribution is 2.21. The standard InChI is InChI=1S/C8H8N4O3S/c1-4(7(13)14)16-6-2-5-10-11-8(15)12(5)3-9-6/h2-4H,1H3,(H,11,15)(H,13,14). The summed E-state index contributed by atoms with van der Waals surface area (Å²) in [6, 6.07) is 1.56. The number of hydrogen-bond donors (Lipinski definition) is 2. The molecule has 0 radical (unpaired) electrons. The number of aromatic amines is 1. The fourth-order valence-corrected chi connectivity index (χ4v) is 1.83. The van der Waals surface area contributed by atoms with Crippen molar-refractivity contribution in [2.24, 2.45) is 0 Å². The van der Waals surface area contributed by atoms with Crippen LogP contribution in [0.1, 0.15) is 6.92 Å². The molecule has 1 unspecified atom stereocenters. The van der Waals surface area contributed by atoms with Crippen LogP contribution in [0.2, 0.25) is 0 Å².